The maximum Gasteiger partial charge on any atom is 0.182 e. The van der Waals surface area contributed by atoms with Gasteiger partial charge in [-0.15, -0.1) is 0 Å². The molecule has 4 nitrogen and oxygen atoms in total. The number of halogens is 1. The van der Waals surface area contributed by atoms with Crippen LogP contribution in [-0.4, -0.2) is 49.0 Å². The van der Waals surface area contributed by atoms with Crippen molar-refractivity contribution in [2.75, 3.05) is 33.4 Å². The molecule has 0 N–H and O–H groups in total. The number of ether oxygens (including phenoxy) is 1. The normalized spacial score (nSPS) is 14.8. The van der Waals surface area contributed by atoms with Crippen LogP contribution in [0.25, 0.3) is 0 Å². The summed E-state index contributed by atoms with van der Waals surface area (Å²) >= 11 is 0. The summed E-state index contributed by atoms with van der Waals surface area (Å²) in [6, 6.07) is 2.69. The van der Waals surface area contributed by atoms with Crippen molar-refractivity contribution in [3.8, 4) is 0 Å². The van der Waals surface area contributed by atoms with Crippen LogP contribution in [0.3, 0.4) is 0 Å². The fourth-order valence-electron chi connectivity index (χ4n) is 1.83. The second-order valence-corrected chi connectivity index (χ2v) is 5.36. The molecule has 0 saturated heterocycles. The zero-order valence-electron chi connectivity index (χ0n) is 11.8. The second kappa shape index (κ2) is 7.45. The lowest BCUT2D eigenvalue weighted by atomic mass is 10.2. The predicted octanol–water partition coefficient (Wildman–Crippen LogP) is 2.15. The summed E-state index contributed by atoms with van der Waals surface area (Å²) in [5, 5.41) is 0. The molecule has 1 aliphatic carbocycles. The van der Waals surface area contributed by atoms with Gasteiger partial charge in [0.25, 0.3) is 0 Å². The molecule has 0 bridgehead atoms. The molecule has 0 spiro atoms. The van der Waals surface area contributed by atoms with Gasteiger partial charge in [-0.05, 0) is 37.9 Å². The van der Waals surface area contributed by atoms with Gasteiger partial charge in [-0.25, -0.2) is 4.39 Å². The van der Waals surface area contributed by atoms with Crippen molar-refractivity contribution in [3.63, 3.8) is 0 Å². The Hall–Kier alpha value is -1.33. The Labute approximate surface area is 118 Å². The zero-order valence-corrected chi connectivity index (χ0v) is 11.8. The van der Waals surface area contributed by atoms with Crippen molar-refractivity contribution < 1.29 is 13.9 Å². The highest BCUT2D eigenvalue weighted by atomic mass is 19.1. The van der Waals surface area contributed by atoms with Gasteiger partial charge in [0.05, 0.1) is 12.8 Å². The minimum absolute atomic E-state index is 0.0595. The van der Waals surface area contributed by atoms with Crippen LogP contribution >= 0.6 is 0 Å². The van der Waals surface area contributed by atoms with Crippen molar-refractivity contribution in [3.05, 3.63) is 29.8 Å². The van der Waals surface area contributed by atoms with Gasteiger partial charge in [0, 0.05) is 26.1 Å². The van der Waals surface area contributed by atoms with Gasteiger partial charge in [-0.3, -0.25) is 9.78 Å². The number of rotatable bonds is 9. The summed E-state index contributed by atoms with van der Waals surface area (Å²) in [6.45, 7) is 3.05. The van der Waals surface area contributed by atoms with E-state index in [1.165, 1.54) is 25.0 Å². The van der Waals surface area contributed by atoms with Crippen LogP contribution in [0.1, 0.15) is 29.8 Å². The van der Waals surface area contributed by atoms with Gasteiger partial charge in [0.1, 0.15) is 11.5 Å². The lowest BCUT2D eigenvalue weighted by molar-refractivity contribution is 0.0914. The van der Waals surface area contributed by atoms with E-state index < -0.39 is 5.82 Å². The number of hydrogen-bond acceptors (Lipinski definition) is 4. The van der Waals surface area contributed by atoms with Crippen molar-refractivity contribution in [2.45, 2.75) is 19.3 Å². The van der Waals surface area contributed by atoms with Crippen LogP contribution in [0, 0.1) is 11.7 Å². The van der Waals surface area contributed by atoms with Crippen molar-refractivity contribution in [2.24, 2.45) is 5.92 Å². The quantitative estimate of drug-likeness (QED) is 0.513. The molecule has 0 atom stereocenters. The molecule has 0 unspecified atom stereocenters. The van der Waals surface area contributed by atoms with E-state index in [0.717, 1.165) is 25.3 Å². The Morgan fingerprint density at radius 2 is 2.25 bits per heavy atom. The molecular formula is C15H21FN2O2. The summed E-state index contributed by atoms with van der Waals surface area (Å²) in [4.78, 5) is 17.7. The average molecular weight is 280 g/mol. The first-order valence-corrected chi connectivity index (χ1v) is 7.06. The van der Waals surface area contributed by atoms with Gasteiger partial charge in [0.2, 0.25) is 0 Å². The molecule has 1 fully saturated rings. The fourth-order valence-corrected chi connectivity index (χ4v) is 1.83. The monoisotopic (exact) mass is 280 g/mol. The van der Waals surface area contributed by atoms with Gasteiger partial charge < -0.3 is 9.64 Å². The standard InChI is InChI=1S/C15H21FN2O2/c1-18(8-9-20-11-12-2-3-12)7-6-15(19)14-5-4-13(16)10-17-14/h4-5,10,12H,2-3,6-9,11H2,1H3. The predicted molar refractivity (Wildman–Crippen MR) is 74.2 cm³/mol. The van der Waals surface area contributed by atoms with E-state index in [1.54, 1.807) is 0 Å². The third-order valence-corrected chi connectivity index (χ3v) is 3.40. The van der Waals surface area contributed by atoms with E-state index in [1.807, 2.05) is 7.05 Å². The van der Waals surface area contributed by atoms with Crippen LogP contribution in [-0.2, 0) is 4.74 Å². The Bertz CT molecular complexity index is 432. The van der Waals surface area contributed by atoms with E-state index in [2.05, 4.69) is 9.88 Å². The Balaban J connectivity index is 1.60. The molecule has 1 aromatic heterocycles. The molecule has 5 heteroatoms. The summed E-state index contributed by atoms with van der Waals surface area (Å²) < 4.78 is 18.3. The first-order valence-electron chi connectivity index (χ1n) is 7.06. The third kappa shape index (κ3) is 5.35. The molecule has 20 heavy (non-hydrogen) atoms. The zero-order chi connectivity index (χ0) is 14.4. The van der Waals surface area contributed by atoms with Crippen molar-refractivity contribution in [1.29, 1.82) is 0 Å². The minimum atomic E-state index is -0.425. The molecule has 1 aromatic rings. The molecule has 110 valence electrons. The largest absolute Gasteiger partial charge is 0.380 e. The molecule has 0 aliphatic heterocycles. The Kier molecular flexibility index (Phi) is 5.61. The number of ketones is 1. The maximum atomic E-state index is 12.7. The number of carbonyl (C=O) groups excluding carboxylic acids is 1. The van der Waals surface area contributed by atoms with Gasteiger partial charge in [-0.1, -0.05) is 0 Å². The molecule has 1 saturated carbocycles. The molecule has 2 rings (SSSR count). The fraction of sp³-hybridized carbons (Fsp3) is 0.600. The first kappa shape index (κ1) is 15.1. The highest BCUT2D eigenvalue weighted by Crippen LogP contribution is 2.28. The van der Waals surface area contributed by atoms with E-state index in [4.69, 9.17) is 4.74 Å². The van der Waals surface area contributed by atoms with E-state index >= 15 is 0 Å². The van der Waals surface area contributed by atoms with Crippen LogP contribution in [0.2, 0.25) is 0 Å². The lowest BCUT2D eigenvalue weighted by Crippen LogP contribution is -2.26. The van der Waals surface area contributed by atoms with Gasteiger partial charge >= 0.3 is 0 Å². The number of hydrogen-bond donors (Lipinski definition) is 0. The first-order chi connectivity index (χ1) is 9.65. The Morgan fingerprint density at radius 1 is 1.45 bits per heavy atom. The summed E-state index contributed by atoms with van der Waals surface area (Å²) in [5.74, 6) is 0.300. The van der Waals surface area contributed by atoms with Crippen LogP contribution in [0.5, 0.6) is 0 Å². The minimum Gasteiger partial charge on any atom is -0.380 e. The summed E-state index contributed by atoms with van der Waals surface area (Å²) in [7, 11) is 1.96. The van der Waals surface area contributed by atoms with Crippen LogP contribution in [0.4, 0.5) is 4.39 Å². The van der Waals surface area contributed by atoms with Crippen molar-refractivity contribution in [1.82, 2.24) is 9.88 Å². The third-order valence-electron chi connectivity index (χ3n) is 3.40. The number of likely N-dealkylation sites (N-methyl/N-ethyl adjacent to an activating group) is 1. The average Bonchev–Trinajstić information content (AvgIpc) is 3.26. The number of carbonyl (C=O) groups is 1. The topological polar surface area (TPSA) is 42.4 Å². The molecule has 0 aromatic carbocycles. The van der Waals surface area contributed by atoms with E-state index in [0.29, 0.717) is 25.3 Å². The molecule has 1 aliphatic rings. The van der Waals surface area contributed by atoms with Gasteiger partial charge in [-0.2, -0.15) is 0 Å². The van der Waals surface area contributed by atoms with Crippen LogP contribution < -0.4 is 0 Å². The van der Waals surface area contributed by atoms with Crippen LogP contribution in [0.15, 0.2) is 18.3 Å². The summed E-state index contributed by atoms with van der Waals surface area (Å²) in [6.07, 6.45) is 4.06. The number of pyridine rings is 1. The Morgan fingerprint density at radius 3 is 2.90 bits per heavy atom. The molecule has 1 heterocycles. The van der Waals surface area contributed by atoms with E-state index in [-0.39, 0.29) is 5.78 Å². The second-order valence-electron chi connectivity index (χ2n) is 5.36. The highest BCUT2D eigenvalue weighted by molar-refractivity contribution is 5.94. The highest BCUT2D eigenvalue weighted by Gasteiger charge is 2.20. The molecular weight excluding hydrogens is 259 g/mol. The molecule has 0 amide bonds. The number of aromatic nitrogens is 1. The smallest absolute Gasteiger partial charge is 0.182 e. The number of nitrogens with zero attached hydrogens (tertiary/aromatic N) is 2. The summed E-state index contributed by atoms with van der Waals surface area (Å²) in [5.41, 5.74) is 0.324. The van der Waals surface area contributed by atoms with Gasteiger partial charge in [0.15, 0.2) is 5.78 Å². The lowest BCUT2D eigenvalue weighted by Gasteiger charge is -2.15. The van der Waals surface area contributed by atoms with E-state index in [9.17, 15) is 9.18 Å². The number of Topliss-reactive ketones (excluding diaryl/α,β-unsaturated/α-hetero) is 1. The maximum absolute atomic E-state index is 12.7. The molecule has 0 radical (unpaired) electrons. The van der Waals surface area contributed by atoms with Crippen molar-refractivity contribution >= 4 is 5.78 Å². The SMILES string of the molecule is CN(CCOCC1CC1)CCC(=O)c1ccc(F)cn1.